The van der Waals surface area contributed by atoms with E-state index in [-0.39, 0.29) is 0 Å². The Morgan fingerprint density at radius 1 is 1.36 bits per heavy atom. The maximum absolute atomic E-state index is 10.6. The Morgan fingerprint density at radius 3 is 2.64 bits per heavy atom. The Morgan fingerprint density at radius 2 is 2.07 bits per heavy atom. The summed E-state index contributed by atoms with van der Waals surface area (Å²) in [6.45, 7) is 0. The number of hydrogen-bond acceptors (Lipinski definition) is 2. The van der Waals surface area contributed by atoms with Crippen LogP contribution in [-0.2, 0) is 4.79 Å². The number of carbonyl (C=O) groups is 1. The summed E-state index contributed by atoms with van der Waals surface area (Å²) < 4.78 is 0. The lowest BCUT2D eigenvalue weighted by Crippen LogP contribution is -2.14. The fraction of sp³-hybridized carbons (Fsp3) is 0. The van der Waals surface area contributed by atoms with Gasteiger partial charge in [-0.05, 0) is 23.8 Å². The predicted octanol–water partition coefficient (Wildman–Crippen LogP) is 2.51. The Labute approximate surface area is 90.9 Å². The van der Waals surface area contributed by atoms with Gasteiger partial charge < -0.3 is 0 Å². The zero-order valence-corrected chi connectivity index (χ0v) is 8.51. The highest BCUT2D eigenvalue weighted by molar-refractivity contribution is 6.42. The highest BCUT2D eigenvalue weighted by atomic mass is 35.5. The van der Waals surface area contributed by atoms with Crippen LogP contribution >= 0.6 is 23.2 Å². The van der Waals surface area contributed by atoms with Crippen molar-refractivity contribution in [1.29, 1.82) is 0 Å². The standard InChI is InChI=1S/C9H7Cl2NO2/c10-7-3-1-6(5-8(7)11)2-4-9(13)12-14/h1-5,14H,(H,12,13)/b4-2+. The summed E-state index contributed by atoms with van der Waals surface area (Å²) in [4.78, 5) is 10.6. The molecule has 0 atom stereocenters. The average molecular weight is 232 g/mol. The number of carbonyl (C=O) groups excluding carboxylic acids is 1. The van der Waals surface area contributed by atoms with E-state index in [4.69, 9.17) is 28.4 Å². The smallest absolute Gasteiger partial charge is 0.267 e. The third-order valence-corrected chi connectivity index (χ3v) is 2.22. The number of rotatable bonds is 2. The molecule has 1 rings (SSSR count). The van der Waals surface area contributed by atoms with Crippen LogP contribution in [0.3, 0.4) is 0 Å². The first-order valence-corrected chi connectivity index (χ1v) is 4.46. The lowest BCUT2D eigenvalue weighted by Gasteiger charge is -1.96. The fourth-order valence-electron chi connectivity index (χ4n) is 0.825. The van der Waals surface area contributed by atoms with Crippen molar-refractivity contribution in [2.45, 2.75) is 0 Å². The third kappa shape index (κ3) is 3.03. The third-order valence-electron chi connectivity index (χ3n) is 1.48. The SMILES string of the molecule is O=C(/C=C/c1ccc(Cl)c(Cl)c1)NO. The molecule has 1 amide bonds. The molecule has 0 spiro atoms. The van der Waals surface area contributed by atoms with Gasteiger partial charge in [-0.15, -0.1) is 0 Å². The van der Waals surface area contributed by atoms with Crippen LogP contribution < -0.4 is 5.48 Å². The van der Waals surface area contributed by atoms with Gasteiger partial charge in [0, 0.05) is 6.08 Å². The first-order valence-electron chi connectivity index (χ1n) is 3.70. The summed E-state index contributed by atoms with van der Waals surface area (Å²) in [6.07, 6.45) is 2.69. The second-order valence-corrected chi connectivity index (χ2v) is 3.30. The van der Waals surface area contributed by atoms with E-state index in [1.54, 1.807) is 18.2 Å². The van der Waals surface area contributed by atoms with Gasteiger partial charge in [0.2, 0.25) is 0 Å². The number of amides is 1. The van der Waals surface area contributed by atoms with Gasteiger partial charge in [-0.3, -0.25) is 10.0 Å². The number of benzene rings is 1. The molecule has 0 saturated carbocycles. The van der Waals surface area contributed by atoms with Crippen molar-refractivity contribution < 1.29 is 10.0 Å². The highest BCUT2D eigenvalue weighted by Crippen LogP contribution is 2.22. The van der Waals surface area contributed by atoms with Gasteiger partial charge in [-0.2, -0.15) is 0 Å². The van der Waals surface area contributed by atoms with E-state index in [9.17, 15) is 4.79 Å². The van der Waals surface area contributed by atoms with Gasteiger partial charge >= 0.3 is 0 Å². The van der Waals surface area contributed by atoms with Gasteiger partial charge in [-0.1, -0.05) is 29.3 Å². The summed E-state index contributed by atoms with van der Waals surface area (Å²) in [5.41, 5.74) is 2.20. The summed E-state index contributed by atoms with van der Waals surface area (Å²) in [6, 6.07) is 4.95. The number of hydroxylamine groups is 1. The first-order chi connectivity index (χ1) is 6.63. The molecule has 0 aliphatic carbocycles. The molecule has 3 nitrogen and oxygen atoms in total. The van der Waals surface area contributed by atoms with Crippen molar-refractivity contribution in [3.8, 4) is 0 Å². The Balaban J connectivity index is 2.83. The lowest BCUT2D eigenvalue weighted by atomic mass is 10.2. The minimum atomic E-state index is -0.601. The molecule has 0 heterocycles. The topological polar surface area (TPSA) is 49.3 Å². The molecule has 1 aromatic rings. The van der Waals surface area contributed by atoms with E-state index in [0.717, 1.165) is 5.56 Å². The quantitative estimate of drug-likeness (QED) is 0.467. The van der Waals surface area contributed by atoms with Gasteiger partial charge in [0.05, 0.1) is 10.0 Å². The minimum absolute atomic E-state index is 0.415. The van der Waals surface area contributed by atoms with Crippen molar-refractivity contribution in [2.75, 3.05) is 0 Å². The van der Waals surface area contributed by atoms with Crippen molar-refractivity contribution in [3.63, 3.8) is 0 Å². The number of halogens is 2. The Kier molecular flexibility index (Phi) is 3.95. The molecule has 5 heteroatoms. The second kappa shape index (κ2) is 5.00. The van der Waals surface area contributed by atoms with Crippen LogP contribution in [0.5, 0.6) is 0 Å². The monoisotopic (exact) mass is 231 g/mol. The zero-order valence-electron chi connectivity index (χ0n) is 7.00. The summed E-state index contributed by atoms with van der Waals surface area (Å²) in [5.74, 6) is -0.601. The molecule has 0 radical (unpaired) electrons. The van der Waals surface area contributed by atoms with Crippen LogP contribution in [0.4, 0.5) is 0 Å². The van der Waals surface area contributed by atoms with E-state index in [1.165, 1.54) is 17.6 Å². The molecule has 2 N–H and O–H groups in total. The van der Waals surface area contributed by atoms with Crippen LogP contribution in [0.1, 0.15) is 5.56 Å². The van der Waals surface area contributed by atoms with Crippen molar-refractivity contribution in [3.05, 3.63) is 39.9 Å². The van der Waals surface area contributed by atoms with Gasteiger partial charge in [-0.25, -0.2) is 5.48 Å². The maximum Gasteiger partial charge on any atom is 0.267 e. The zero-order chi connectivity index (χ0) is 10.6. The van der Waals surface area contributed by atoms with Gasteiger partial charge in [0.25, 0.3) is 5.91 Å². The Bertz CT molecular complexity index is 377. The molecule has 0 saturated heterocycles. The van der Waals surface area contributed by atoms with Crippen LogP contribution in [0.25, 0.3) is 6.08 Å². The number of nitrogens with one attached hydrogen (secondary N) is 1. The van der Waals surface area contributed by atoms with Crippen molar-refractivity contribution >= 4 is 35.2 Å². The average Bonchev–Trinajstić information content (AvgIpc) is 2.19. The minimum Gasteiger partial charge on any atom is -0.288 e. The van der Waals surface area contributed by atoms with E-state index in [1.807, 2.05) is 0 Å². The molecule has 0 bridgehead atoms. The molecule has 0 aromatic heterocycles. The van der Waals surface area contributed by atoms with Gasteiger partial charge in [0.15, 0.2) is 0 Å². The predicted molar refractivity (Wildman–Crippen MR) is 55.4 cm³/mol. The number of hydrogen-bond donors (Lipinski definition) is 2. The molecule has 0 fully saturated rings. The molecular formula is C9H7Cl2NO2. The van der Waals surface area contributed by atoms with Crippen molar-refractivity contribution in [1.82, 2.24) is 5.48 Å². The summed E-state index contributed by atoms with van der Waals surface area (Å²) in [5, 5.41) is 9.08. The maximum atomic E-state index is 10.6. The first kappa shape index (κ1) is 11.0. The van der Waals surface area contributed by atoms with E-state index in [0.29, 0.717) is 10.0 Å². The summed E-state index contributed by atoms with van der Waals surface area (Å²) in [7, 11) is 0. The normalized spacial score (nSPS) is 10.5. The van der Waals surface area contributed by atoms with Crippen molar-refractivity contribution in [2.24, 2.45) is 0 Å². The van der Waals surface area contributed by atoms with E-state index in [2.05, 4.69) is 0 Å². The fourth-order valence-corrected chi connectivity index (χ4v) is 1.13. The van der Waals surface area contributed by atoms with Crippen LogP contribution in [0.2, 0.25) is 10.0 Å². The Hall–Kier alpha value is -1.03. The van der Waals surface area contributed by atoms with E-state index < -0.39 is 5.91 Å². The van der Waals surface area contributed by atoms with Gasteiger partial charge in [0.1, 0.15) is 0 Å². The molecule has 0 aliphatic heterocycles. The van der Waals surface area contributed by atoms with Crippen LogP contribution in [0.15, 0.2) is 24.3 Å². The summed E-state index contributed by atoms with van der Waals surface area (Å²) >= 11 is 11.4. The highest BCUT2D eigenvalue weighted by Gasteiger charge is 1.97. The second-order valence-electron chi connectivity index (χ2n) is 2.48. The molecular weight excluding hydrogens is 225 g/mol. The molecule has 0 unspecified atom stereocenters. The molecule has 0 aliphatic rings. The van der Waals surface area contributed by atoms with Crippen LogP contribution in [0, 0.1) is 0 Å². The van der Waals surface area contributed by atoms with E-state index >= 15 is 0 Å². The molecule has 1 aromatic carbocycles. The lowest BCUT2D eigenvalue weighted by molar-refractivity contribution is -0.124. The molecule has 74 valence electrons. The largest absolute Gasteiger partial charge is 0.288 e. The van der Waals surface area contributed by atoms with Crippen LogP contribution in [-0.4, -0.2) is 11.1 Å². The molecule has 14 heavy (non-hydrogen) atoms.